The van der Waals surface area contributed by atoms with Crippen molar-refractivity contribution in [3.63, 3.8) is 0 Å². The fourth-order valence-corrected chi connectivity index (χ4v) is 12.9. The van der Waals surface area contributed by atoms with E-state index in [1.165, 1.54) is 99.1 Å². The summed E-state index contributed by atoms with van der Waals surface area (Å²) in [4.78, 5) is 0. The Morgan fingerprint density at radius 1 is 0.213 bits per heavy atom. The van der Waals surface area contributed by atoms with Crippen LogP contribution in [-0.2, 0) is 5.41 Å². The predicted molar refractivity (Wildman–Crippen MR) is 313 cm³/mol. The first-order valence-electron chi connectivity index (χ1n) is 25.9. The molecule has 0 amide bonds. The van der Waals surface area contributed by atoms with Crippen LogP contribution in [0.4, 0.5) is 0 Å². The Morgan fingerprint density at radius 3 is 1.24 bits per heavy atom. The highest BCUT2D eigenvalue weighted by Gasteiger charge is 2.46. The highest BCUT2D eigenvalue weighted by atomic mass is 16.3. The third kappa shape index (κ3) is 6.21. The molecule has 1 aliphatic rings. The molecule has 15 aromatic rings. The lowest BCUT2D eigenvalue weighted by Gasteiger charge is -2.34. The average molecular weight is 953 g/mol. The van der Waals surface area contributed by atoms with Crippen LogP contribution in [0.2, 0.25) is 0 Å². The van der Waals surface area contributed by atoms with Crippen molar-refractivity contribution < 1.29 is 8.83 Å². The van der Waals surface area contributed by atoms with E-state index in [9.17, 15) is 0 Å². The van der Waals surface area contributed by atoms with Gasteiger partial charge in [0.1, 0.15) is 22.3 Å². The molecule has 0 unspecified atom stereocenters. The van der Waals surface area contributed by atoms with Crippen molar-refractivity contribution in [1.29, 1.82) is 0 Å². The highest BCUT2D eigenvalue weighted by molar-refractivity contribution is 6.26. The second-order valence-corrected chi connectivity index (χ2v) is 20.2. The number of benzene rings is 13. The number of hydrogen-bond acceptors (Lipinski definition) is 2. The van der Waals surface area contributed by atoms with E-state index >= 15 is 0 Å². The Bertz CT molecular complexity index is 4730. The lowest BCUT2D eigenvalue weighted by molar-refractivity contribution is 0.664. The number of para-hydroxylation sites is 1. The van der Waals surface area contributed by atoms with E-state index < -0.39 is 5.41 Å². The summed E-state index contributed by atoms with van der Waals surface area (Å²) in [5.74, 6) is 0. The van der Waals surface area contributed by atoms with Gasteiger partial charge in [0.25, 0.3) is 0 Å². The van der Waals surface area contributed by atoms with Gasteiger partial charge in [0.15, 0.2) is 0 Å². The second-order valence-electron chi connectivity index (χ2n) is 20.2. The first-order valence-corrected chi connectivity index (χ1v) is 25.9. The van der Waals surface area contributed by atoms with Crippen molar-refractivity contribution >= 4 is 76.2 Å². The number of rotatable bonds is 6. The summed E-state index contributed by atoms with van der Waals surface area (Å²) in [6.07, 6.45) is 0. The van der Waals surface area contributed by atoms with E-state index in [0.717, 1.165) is 55.0 Å². The molecular weight excluding hydrogens is 909 g/mol. The Hall–Kier alpha value is -9.76. The topological polar surface area (TPSA) is 26.3 Å². The van der Waals surface area contributed by atoms with Gasteiger partial charge in [0.2, 0.25) is 0 Å². The molecule has 0 aliphatic heterocycles. The molecule has 16 rings (SSSR count). The van der Waals surface area contributed by atoms with Gasteiger partial charge in [-0.2, -0.15) is 0 Å². The first-order chi connectivity index (χ1) is 37.2. The lowest BCUT2D eigenvalue weighted by atomic mass is 9.67. The molecule has 75 heavy (non-hydrogen) atoms. The van der Waals surface area contributed by atoms with Gasteiger partial charge in [-0.1, -0.05) is 224 Å². The summed E-state index contributed by atoms with van der Waals surface area (Å²) >= 11 is 0. The van der Waals surface area contributed by atoms with Crippen LogP contribution in [0.3, 0.4) is 0 Å². The summed E-state index contributed by atoms with van der Waals surface area (Å²) < 4.78 is 12.6. The van der Waals surface area contributed by atoms with Gasteiger partial charge in [-0.3, -0.25) is 0 Å². The zero-order chi connectivity index (χ0) is 49.2. The van der Waals surface area contributed by atoms with Gasteiger partial charge in [0.05, 0.1) is 5.41 Å². The highest BCUT2D eigenvalue weighted by Crippen LogP contribution is 2.58. The van der Waals surface area contributed by atoms with Crippen molar-refractivity contribution in [3.05, 3.63) is 289 Å². The Morgan fingerprint density at radius 2 is 0.613 bits per heavy atom. The third-order valence-electron chi connectivity index (χ3n) is 16.4. The molecule has 2 aromatic heterocycles. The third-order valence-corrected chi connectivity index (χ3v) is 16.4. The molecule has 2 heterocycles. The minimum Gasteiger partial charge on any atom is -0.456 e. The average Bonchev–Trinajstić information content (AvgIpc) is 4.26. The SMILES string of the molecule is c1ccc(C2(c3ccccc3)c3ccccc3-c3c(-c4ccc5c6ccc(-c7ccc(-c8ccc(-c9ccc%10oc%11cc%12c(cc%11c%10c9)oc9ccccc9%12)cc8)cc7)cc6c6ccccc6c5c4)cccc32)cc1. The lowest BCUT2D eigenvalue weighted by Crippen LogP contribution is -2.28. The van der Waals surface area contributed by atoms with Gasteiger partial charge in [-0.25, -0.2) is 0 Å². The van der Waals surface area contributed by atoms with Crippen LogP contribution in [0.5, 0.6) is 0 Å². The number of fused-ring (bicyclic) bond motifs is 15. The van der Waals surface area contributed by atoms with Crippen LogP contribution < -0.4 is 0 Å². The van der Waals surface area contributed by atoms with Crippen molar-refractivity contribution in [3.8, 4) is 55.6 Å². The van der Waals surface area contributed by atoms with Crippen molar-refractivity contribution in [2.45, 2.75) is 5.41 Å². The Labute approximate surface area is 433 Å². The quantitative estimate of drug-likeness (QED) is 0.155. The first kappa shape index (κ1) is 41.8. The molecule has 2 nitrogen and oxygen atoms in total. The van der Waals surface area contributed by atoms with Crippen LogP contribution in [0.15, 0.2) is 276 Å². The molecule has 0 spiro atoms. The molecule has 0 saturated carbocycles. The zero-order valence-electron chi connectivity index (χ0n) is 40.7. The van der Waals surface area contributed by atoms with Crippen molar-refractivity contribution in [1.82, 2.24) is 0 Å². The maximum Gasteiger partial charge on any atom is 0.136 e. The second kappa shape index (κ2) is 16.1. The summed E-state index contributed by atoms with van der Waals surface area (Å²) in [6.45, 7) is 0. The van der Waals surface area contributed by atoms with Crippen LogP contribution in [0, 0.1) is 0 Å². The minimum atomic E-state index is -0.449. The molecule has 0 atom stereocenters. The summed E-state index contributed by atoms with van der Waals surface area (Å²) in [7, 11) is 0. The summed E-state index contributed by atoms with van der Waals surface area (Å²) in [6, 6.07) is 98.0. The van der Waals surface area contributed by atoms with Crippen LogP contribution >= 0.6 is 0 Å². The molecule has 1 aliphatic carbocycles. The molecule has 0 fully saturated rings. The molecule has 0 N–H and O–H groups in total. The fraction of sp³-hybridized carbons (Fsp3) is 0.0137. The van der Waals surface area contributed by atoms with Gasteiger partial charge >= 0.3 is 0 Å². The van der Waals surface area contributed by atoms with Crippen LogP contribution in [0.25, 0.3) is 132 Å². The van der Waals surface area contributed by atoms with Crippen molar-refractivity contribution in [2.75, 3.05) is 0 Å². The van der Waals surface area contributed by atoms with Crippen molar-refractivity contribution in [2.24, 2.45) is 0 Å². The van der Waals surface area contributed by atoms with Gasteiger partial charge in [-0.15, -0.1) is 0 Å². The van der Waals surface area contributed by atoms with E-state index in [4.69, 9.17) is 8.83 Å². The normalized spacial score (nSPS) is 12.9. The van der Waals surface area contributed by atoms with Crippen LogP contribution in [0.1, 0.15) is 22.3 Å². The minimum absolute atomic E-state index is 0.449. The molecule has 348 valence electrons. The summed E-state index contributed by atoms with van der Waals surface area (Å²) in [5, 5.41) is 11.9. The van der Waals surface area contributed by atoms with Gasteiger partial charge < -0.3 is 8.83 Å². The molecule has 2 heteroatoms. The zero-order valence-corrected chi connectivity index (χ0v) is 40.7. The fourth-order valence-electron chi connectivity index (χ4n) is 12.9. The smallest absolute Gasteiger partial charge is 0.136 e. The molecule has 0 radical (unpaired) electrons. The molecule has 0 saturated heterocycles. The Kier molecular flexibility index (Phi) is 8.99. The van der Waals surface area contributed by atoms with E-state index in [2.05, 4.69) is 249 Å². The maximum absolute atomic E-state index is 6.37. The van der Waals surface area contributed by atoms with Crippen LogP contribution in [-0.4, -0.2) is 0 Å². The van der Waals surface area contributed by atoms with E-state index in [1.54, 1.807) is 0 Å². The predicted octanol–water partition coefficient (Wildman–Crippen LogP) is 20.0. The molecule has 0 bridgehead atoms. The van der Waals surface area contributed by atoms with E-state index in [-0.39, 0.29) is 0 Å². The van der Waals surface area contributed by atoms with E-state index in [1.807, 2.05) is 18.2 Å². The standard InChI is InChI=1S/C73H44O2/c1-3-14-52(15-4-1)73(53-16-5-2-6-17-53)66-23-11-9-21-60(66)72-54(22-13-24-67(72)73)51-35-38-58-57-37-34-49(40-61(57)55-18-7-8-19-56(55)62(58)42-51)47-30-26-45(27-31-47)46-28-32-48(33-29-46)50-36-39-69-63(41-50)65-44-70-64(43-71(65)75-69)59-20-10-12-25-68(59)74-70/h1-44H. The largest absolute Gasteiger partial charge is 0.456 e. The molecular formula is C73H44O2. The number of furan rings is 2. The Balaban J connectivity index is 0.735. The number of hydrogen-bond donors (Lipinski definition) is 0. The maximum atomic E-state index is 6.37. The monoisotopic (exact) mass is 952 g/mol. The molecule has 13 aromatic carbocycles. The van der Waals surface area contributed by atoms with Gasteiger partial charge in [0, 0.05) is 21.5 Å². The summed E-state index contributed by atoms with van der Waals surface area (Å²) in [5.41, 5.74) is 20.4. The van der Waals surface area contributed by atoms with E-state index in [0.29, 0.717) is 0 Å². The van der Waals surface area contributed by atoms with Gasteiger partial charge in [-0.05, 0) is 153 Å².